The molecule has 1 fully saturated rings. The van der Waals surface area contributed by atoms with Crippen LogP contribution in [0.5, 0.6) is 0 Å². The van der Waals surface area contributed by atoms with Crippen LogP contribution in [0.15, 0.2) is 70.2 Å². The first-order valence-corrected chi connectivity index (χ1v) is 13.2. The van der Waals surface area contributed by atoms with Crippen LogP contribution in [0.25, 0.3) is 10.2 Å². The zero-order valence-corrected chi connectivity index (χ0v) is 20.1. The Morgan fingerprint density at radius 1 is 1.09 bits per heavy atom. The number of anilines is 1. The number of rotatable bonds is 6. The van der Waals surface area contributed by atoms with Gasteiger partial charge in [0.05, 0.1) is 22.4 Å². The molecule has 5 rings (SSSR count). The van der Waals surface area contributed by atoms with Gasteiger partial charge in [-0.1, -0.05) is 17.4 Å². The van der Waals surface area contributed by atoms with E-state index in [1.54, 1.807) is 24.3 Å². The van der Waals surface area contributed by atoms with Crippen molar-refractivity contribution in [2.45, 2.75) is 24.3 Å². The molecule has 2 aromatic carbocycles. The van der Waals surface area contributed by atoms with E-state index in [9.17, 15) is 22.0 Å². The lowest BCUT2D eigenvalue weighted by molar-refractivity contribution is -0.123. The summed E-state index contributed by atoms with van der Waals surface area (Å²) in [5.74, 6) is -1.09. The minimum Gasteiger partial charge on any atom is -0.467 e. The molecule has 11 heteroatoms. The number of piperidine rings is 1. The monoisotopic (exact) mass is 517 g/mol. The number of hydrogen-bond donors (Lipinski definition) is 0. The fourth-order valence-corrected chi connectivity index (χ4v) is 6.59. The number of hydrogen-bond acceptors (Lipinski definition) is 6. The van der Waals surface area contributed by atoms with E-state index in [4.69, 9.17) is 4.42 Å². The Morgan fingerprint density at radius 3 is 2.49 bits per heavy atom. The van der Waals surface area contributed by atoms with E-state index < -0.39 is 27.6 Å². The number of thiazole rings is 1. The summed E-state index contributed by atoms with van der Waals surface area (Å²) in [6.45, 7) is 0.430. The molecule has 3 heterocycles. The molecule has 35 heavy (non-hydrogen) atoms. The summed E-state index contributed by atoms with van der Waals surface area (Å²) in [5, 5.41) is 0.355. The molecule has 1 aliphatic heterocycles. The van der Waals surface area contributed by atoms with E-state index in [0.717, 1.165) is 12.1 Å². The normalized spacial score (nSPS) is 15.5. The van der Waals surface area contributed by atoms with Crippen molar-refractivity contribution >= 4 is 42.6 Å². The van der Waals surface area contributed by atoms with Gasteiger partial charge < -0.3 is 4.42 Å². The second-order valence-corrected chi connectivity index (χ2v) is 11.2. The third-order valence-electron chi connectivity index (χ3n) is 6.00. The van der Waals surface area contributed by atoms with Gasteiger partial charge in [0, 0.05) is 19.0 Å². The Hall–Kier alpha value is -3.15. The maximum Gasteiger partial charge on any atom is 0.243 e. The van der Waals surface area contributed by atoms with E-state index >= 15 is 0 Å². The van der Waals surface area contributed by atoms with Gasteiger partial charge in [0.15, 0.2) is 5.13 Å². The SMILES string of the molecule is O=C(C1CCN(S(=O)(=O)c2ccc(F)cc2)CC1)N(Cc1ccco1)c1nc2c(F)cccc2s1. The van der Waals surface area contributed by atoms with Gasteiger partial charge in [0.2, 0.25) is 15.9 Å². The minimum absolute atomic E-state index is 0.0135. The zero-order valence-electron chi connectivity index (χ0n) is 18.4. The summed E-state index contributed by atoms with van der Waals surface area (Å²) in [4.78, 5) is 19.5. The molecule has 4 aromatic rings. The highest BCUT2D eigenvalue weighted by Crippen LogP contribution is 2.34. The van der Waals surface area contributed by atoms with Gasteiger partial charge in [0.1, 0.15) is 22.9 Å². The van der Waals surface area contributed by atoms with Gasteiger partial charge >= 0.3 is 0 Å². The van der Waals surface area contributed by atoms with Crippen molar-refractivity contribution < 1.29 is 26.4 Å². The molecule has 0 spiro atoms. The van der Waals surface area contributed by atoms with Crippen molar-refractivity contribution in [3.05, 3.63) is 78.3 Å². The first-order valence-electron chi connectivity index (χ1n) is 11.0. The van der Waals surface area contributed by atoms with Crippen molar-refractivity contribution in [2.24, 2.45) is 5.92 Å². The van der Waals surface area contributed by atoms with Crippen LogP contribution >= 0.6 is 11.3 Å². The summed E-state index contributed by atoms with van der Waals surface area (Å²) in [7, 11) is -3.79. The van der Waals surface area contributed by atoms with Crippen molar-refractivity contribution in [2.75, 3.05) is 18.0 Å². The number of benzene rings is 2. The Labute approximate surface area is 204 Å². The molecule has 1 amide bonds. The van der Waals surface area contributed by atoms with Crippen LogP contribution in [-0.2, 0) is 21.4 Å². The van der Waals surface area contributed by atoms with E-state index in [0.29, 0.717) is 28.4 Å². The molecule has 1 aliphatic rings. The summed E-state index contributed by atoms with van der Waals surface area (Å²) in [5.41, 5.74) is 0.199. The Balaban J connectivity index is 1.36. The van der Waals surface area contributed by atoms with Crippen LogP contribution < -0.4 is 4.90 Å². The molecule has 0 saturated carbocycles. The summed E-state index contributed by atoms with van der Waals surface area (Å²) in [6, 6.07) is 12.8. The van der Waals surface area contributed by atoms with E-state index in [1.807, 2.05) is 0 Å². The molecule has 0 bridgehead atoms. The fourth-order valence-electron chi connectivity index (χ4n) is 4.14. The summed E-state index contributed by atoms with van der Waals surface area (Å²) >= 11 is 1.21. The van der Waals surface area contributed by atoms with Crippen molar-refractivity contribution in [1.82, 2.24) is 9.29 Å². The Bertz CT molecular complexity index is 1450. The number of carbonyl (C=O) groups excluding carboxylic acids is 1. The number of sulfonamides is 1. The predicted octanol–water partition coefficient (Wildman–Crippen LogP) is 4.80. The third kappa shape index (κ3) is 4.71. The first kappa shape index (κ1) is 23.6. The number of furan rings is 1. The number of aromatic nitrogens is 1. The molecule has 2 aromatic heterocycles. The van der Waals surface area contributed by atoms with Crippen LogP contribution in [0, 0.1) is 17.6 Å². The largest absolute Gasteiger partial charge is 0.467 e. The van der Waals surface area contributed by atoms with Crippen LogP contribution in [0.4, 0.5) is 13.9 Å². The molecule has 0 N–H and O–H groups in total. The molecular weight excluding hydrogens is 496 g/mol. The Kier molecular flexibility index (Phi) is 6.39. The molecule has 0 aliphatic carbocycles. The number of fused-ring (bicyclic) bond motifs is 1. The second-order valence-electron chi connectivity index (χ2n) is 8.22. The summed E-state index contributed by atoms with van der Waals surface area (Å²) in [6.07, 6.45) is 2.13. The highest BCUT2D eigenvalue weighted by Gasteiger charge is 2.35. The van der Waals surface area contributed by atoms with Crippen LogP contribution in [0.1, 0.15) is 18.6 Å². The van der Waals surface area contributed by atoms with Crippen molar-refractivity contribution in [3.63, 3.8) is 0 Å². The smallest absolute Gasteiger partial charge is 0.243 e. The predicted molar refractivity (Wildman–Crippen MR) is 127 cm³/mol. The standard InChI is InChI=1S/C24H21F2N3O4S2/c25-17-6-8-19(9-7-17)35(31,32)28-12-10-16(11-13-28)23(30)29(15-18-3-2-14-33-18)24-27-22-20(26)4-1-5-21(22)34-24/h1-9,14,16H,10-13,15H2. The lowest BCUT2D eigenvalue weighted by atomic mass is 9.96. The number of carbonyl (C=O) groups is 1. The van der Waals surface area contributed by atoms with Gasteiger partial charge in [-0.15, -0.1) is 0 Å². The number of halogens is 2. The average Bonchev–Trinajstić information content (AvgIpc) is 3.53. The maximum absolute atomic E-state index is 14.3. The molecule has 1 saturated heterocycles. The first-order chi connectivity index (χ1) is 16.8. The van der Waals surface area contributed by atoms with E-state index in [-0.39, 0.29) is 36.0 Å². The molecule has 0 atom stereocenters. The van der Waals surface area contributed by atoms with Crippen LogP contribution in [-0.4, -0.2) is 36.7 Å². The van der Waals surface area contributed by atoms with Gasteiger partial charge in [-0.05, 0) is 61.4 Å². The minimum atomic E-state index is -3.79. The van der Waals surface area contributed by atoms with Crippen LogP contribution in [0.3, 0.4) is 0 Å². The second kappa shape index (κ2) is 9.48. The van der Waals surface area contributed by atoms with Gasteiger partial charge in [0.25, 0.3) is 0 Å². The highest BCUT2D eigenvalue weighted by atomic mass is 32.2. The van der Waals surface area contributed by atoms with Crippen LogP contribution in [0.2, 0.25) is 0 Å². The number of para-hydroxylation sites is 1. The molecule has 7 nitrogen and oxygen atoms in total. The Morgan fingerprint density at radius 2 is 1.83 bits per heavy atom. The van der Waals surface area contributed by atoms with Crippen molar-refractivity contribution in [3.8, 4) is 0 Å². The van der Waals surface area contributed by atoms with E-state index in [2.05, 4.69) is 4.98 Å². The number of nitrogens with zero attached hydrogens (tertiary/aromatic N) is 3. The molecule has 0 radical (unpaired) electrons. The average molecular weight is 518 g/mol. The molecule has 182 valence electrons. The van der Waals surface area contributed by atoms with Crippen molar-refractivity contribution in [1.29, 1.82) is 0 Å². The molecular formula is C24H21F2N3O4S2. The quantitative estimate of drug-likeness (QED) is 0.367. The highest BCUT2D eigenvalue weighted by molar-refractivity contribution is 7.89. The maximum atomic E-state index is 14.3. The topological polar surface area (TPSA) is 83.7 Å². The fraction of sp³-hybridized carbons (Fsp3) is 0.250. The third-order valence-corrected chi connectivity index (χ3v) is 8.96. The molecule has 0 unspecified atom stereocenters. The van der Waals surface area contributed by atoms with Gasteiger partial charge in [-0.2, -0.15) is 4.31 Å². The summed E-state index contributed by atoms with van der Waals surface area (Å²) < 4.78 is 60.7. The zero-order chi connectivity index (χ0) is 24.6. The lowest BCUT2D eigenvalue weighted by Crippen LogP contribution is -2.44. The van der Waals surface area contributed by atoms with E-state index in [1.165, 1.54) is 45.0 Å². The van der Waals surface area contributed by atoms with Gasteiger partial charge in [-0.25, -0.2) is 22.2 Å². The van der Waals surface area contributed by atoms with Gasteiger partial charge in [-0.3, -0.25) is 9.69 Å². The lowest BCUT2D eigenvalue weighted by Gasteiger charge is -2.32. The number of amides is 1.